The lowest BCUT2D eigenvalue weighted by Crippen LogP contribution is -2.02. The van der Waals surface area contributed by atoms with Crippen molar-refractivity contribution >= 4 is 23.9 Å². The zero-order chi connectivity index (χ0) is 25.3. The third-order valence-electron chi connectivity index (χ3n) is 2.15. The quantitative estimate of drug-likeness (QED) is 0.188. The molecule has 0 aromatic rings. The summed E-state index contributed by atoms with van der Waals surface area (Å²) in [6.07, 6.45) is 4.24. The minimum absolute atomic E-state index is 0.176. The van der Waals surface area contributed by atoms with Crippen LogP contribution in [0.2, 0.25) is 0 Å². The molecule has 6 N–H and O–H groups in total. The van der Waals surface area contributed by atoms with Gasteiger partial charge in [-0.25, -0.2) is 19.2 Å². The lowest BCUT2D eigenvalue weighted by molar-refractivity contribution is -0.133. The summed E-state index contributed by atoms with van der Waals surface area (Å²) >= 11 is 0. The molecule has 0 amide bonds. The van der Waals surface area contributed by atoms with Crippen molar-refractivity contribution in [2.75, 3.05) is 0 Å². The molecule has 0 unspecified atom stereocenters. The second-order valence-electron chi connectivity index (χ2n) is 5.23. The molecule has 0 saturated heterocycles. The third kappa shape index (κ3) is 73.8. The van der Waals surface area contributed by atoms with Crippen LogP contribution in [0.1, 0.15) is 46.5 Å². The van der Waals surface area contributed by atoms with Gasteiger partial charge in [0.05, 0.1) is 0 Å². The molecule has 0 fully saturated rings. The average Bonchev–Trinajstić information content (AvgIpc) is 2.63. The van der Waals surface area contributed by atoms with Crippen molar-refractivity contribution in [3.63, 3.8) is 0 Å². The number of carbonyl (C=O) groups is 4. The molecule has 10 nitrogen and oxygen atoms in total. The smallest absolute Gasteiger partial charge is 0.330 e. The number of unbranched alkanes of at least 4 members (excludes halogenated alkanes) is 2. The van der Waals surface area contributed by atoms with E-state index in [1.54, 1.807) is 0 Å². The Morgan fingerprint density at radius 2 is 1.00 bits per heavy atom. The summed E-state index contributed by atoms with van der Waals surface area (Å²) in [5, 5.41) is 47.7. The molecule has 0 aromatic heterocycles. The molecular weight excluding hydrogens is 400 g/mol. The van der Waals surface area contributed by atoms with Crippen LogP contribution < -0.4 is 0 Å². The van der Waals surface area contributed by atoms with Crippen LogP contribution in [0.5, 0.6) is 0 Å². The SMILES string of the molecule is C=C(C)C(=O)O.C=C(C)C(=O)O.C=CC(=O)O.C=CC(=O)O.CCCCCC(O)O. The monoisotopic (exact) mass is 434 g/mol. The van der Waals surface area contributed by atoms with Crippen LogP contribution in [0.4, 0.5) is 0 Å². The van der Waals surface area contributed by atoms with Crippen LogP contribution in [-0.4, -0.2) is 60.8 Å². The molecule has 30 heavy (non-hydrogen) atoms. The van der Waals surface area contributed by atoms with Gasteiger partial charge in [-0.3, -0.25) is 0 Å². The van der Waals surface area contributed by atoms with Crippen molar-refractivity contribution < 1.29 is 49.8 Å². The Kier molecular flexibility index (Phi) is 35.0. The molecule has 0 aliphatic carbocycles. The van der Waals surface area contributed by atoms with E-state index < -0.39 is 30.2 Å². The maximum absolute atomic E-state index is 9.60. The molecule has 10 heteroatoms. The van der Waals surface area contributed by atoms with E-state index in [1.165, 1.54) is 13.8 Å². The summed E-state index contributed by atoms with van der Waals surface area (Å²) in [5.74, 6) is -3.83. The van der Waals surface area contributed by atoms with Gasteiger partial charge in [0.25, 0.3) is 0 Å². The molecule has 0 aliphatic heterocycles. The van der Waals surface area contributed by atoms with Crippen LogP contribution >= 0.6 is 0 Å². The highest BCUT2D eigenvalue weighted by atomic mass is 16.5. The zero-order valence-corrected chi connectivity index (χ0v) is 17.7. The molecule has 0 radical (unpaired) electrons. The van der Waals surface area contributed by atoms with Gasteiger partial charge < -0.3 is 30.6 Å². The Hall–Kier alpha value is -3.24. The lowest BCUT2D eigenvalue weighted by atomic mass is 10.2. The predicted octanol–water partition coefficient (Wildman–Crippen LogP) is 2.69. The number of aliphatic carboxylic acids is 4. The van der Waals surface area contributed by atoms with E-state index in [0.717, 1.165) is 31.4 Å². The first-order valence-electron chi connectivity index (χ1n) is 8.44. The number of aliphatic hydroxyl groups excluding tert-OH is 1. The van der Waals surface area contributed by atoms with Gasteiger partial charge in [0.2, 0.25) is 0 Å². The first kappa shape index (κ1) is 37.5. The summed E-state index contributed by atoms with van der Waals surface area (Å²) in [5.41, 5.74) is 0.352. The fraction of sp³-hybridized carbons (Fsp3) is 0.400. The largest absolute Gasteiger partial charge is 0.478 e. The van der Waals surface area contributed by atoms with Gasteiger partial charge in [0.15, 0.2) is 6.29 Å². The predicted molar refractivity (Wildman–Crippen MR) is 113 cm³/mol. The number of carboxylic acids is 4. The molecule has 0 saturated carbocycles. The van der Waals surface area contributed by atoms with Crippen LogP contribution in [0, 0.1) is 0 Å². The fourth-order valence-corrected chi connectivity index (χ4v) is 0.577. The molecule has 0 aromatic carbocycles. The van der Waals surface area contributed by atoms with Crippen molar-refractivity contribution in [3.8, 4) is 0 Å². The summed E-state index contributed by atoms with van der Waals surface area (Å²) in [6.45, 7) is 17.2. The highest BCUT2D eigenvalue weighted by Crippen LogP contribution is 1.99. The minimum Gasteiger partial charge on any atom is -0.478 e. The number of carboxylic acid groups (broad SMARTS) is 4. The van der Waals surface area contributed by atoms with Gasteiger partial charge in [-0.05, 0) is 26.7 Å². The van der Waals surface area contributed by atoms with Crippen molar-refractivity contribution in [1.82, 2.24) is 0 Å². The maximum atomic E-state index is 9.60. The Morgan fingerprint density at radius 3 is 1.10 bits per heavy atom. The van der Waals surface area contributed by atoms with Crippen molar-refractivity contribution in [1.29, 1.82) is 0 Å². The molecular formula is C20H34O10. The highest BCUT2D eigenvalue weighted by Gasteiger charge is 1.93. The standard InChI is InChI=1S/C6H14O2.2C4H6O2.2C3H4O2/c1-2-3-4-5-6(7)8;2*1-3(2)4(5)6;2*1-2-3(4)5/h6-8H,2-5H2,1H3;2*1H2,2H3,(H,5,6);2*2H,1H2,(H,4,5). The van der Waals surface area contributed by atoms with Crippen LogP contribution in [0.15, 0.2) is 49.6 Å². The lowest BCUT2D eigenvalue weighted by Gasteiger charge is -1.99. The fourth-order valence-electron chi connectivity index (χ4n) is 0.577. The van der Waals surface area contributed by atoms with E-state index in [4.69, 9.17) is 30.6 Å². The second kappa shape index (κ2) is 28.0. The molecule has 0 rings (SSSR count). The number of aliphatic hydroxyl groups is 2. The molecule has 0 bridgehead atoms. The summed E-state index contributed by atoms with van der Waals surface area (Å²) in [6, 6.07) is 0. The van der Waals surface area contributed by atoms with Crippen molar-refractivity contribution in [2.24, 2.45) is 0 Å². The van der Waals surface area contributed by atoms with Gasteiger partial charge in [-0.2, -0.15) is 0 Å². The van der Waals surface area contributed by atoms with E-state index in [0.29, 0.717) is 6.42 Å². The molecule has 0 spiro atoms. The van der Waals surface area contributed by atoms with Gasteiger partial charge in [0, 0.05) is 23.3 Å². The van der Waals surface area contributed by atoms with Crippen molar-refractivity contribution in [2.45, 2.75) is 52.7 Å². The first-order valence-corrected chi connectivity index (χ1v) is 8.44. The molecule has 0 atom stereocenters. The normalized spacial score (nSPS) is 7.93. The first-order chi connectivity index (χ1) is 13.6. The Labute approximate surface area is 176 Å². The van der Waals surface area contributed by atoms with Gasteiger partial charge >= 0.3 is 23.9 Å². The summed E-state index contributed by atoms with van der Waals surface area (Å²) in [4.78, 5) is 37.7. The van der Waals surface area contributed by atoms with Crippen molar-refractivity contribution in [3.05, 3.63) is 49.6 Å². The number of hydrogen-bond donors (Lipinski definition) is 6. The number of rotatable bonds is 8. The highest BCUT2D eigenvalue weighted by molar-refractivity contribution is 5.85. The third-order valence-corrected chi connectivity index (χ3v) is 2.15. The Morgan fingerprint density at radius 1 is 0.767 bits per heavy atom. The van der Waals surface area contributed by atoms with Crippen LogP contribution in [-0.2, 0) is 19.2 Å². The maximum Gasteiger partial charge on any atom is 0.330 e. The average molecular weight is 434 g/mol. The van der Waals surface area contributed by atoms with E-state index in [2.05, 4.69) is 33.2 Å². The Bertz CT molecular complexity index is 482. The molecule has 0 heterocycles. The topological polar surface area (TPSA) is 190 Å². The zero-order valence-electron chi connectivity index (χ0n) is 17.7. The molecule has 174 valence electrons. The van der Waals surface area contributed by atoms with E-state index in [9.17, 15) is 19.2 Å². The second-order valence-corrected chi connectivity index (χ2v) is 5.23. The minimum atomic E-state index is -1.10. The molecule has 0 aliphatic rings. The van der Waals surface area contributed by atoms with Gasteiger partial charge in [-0.15, -0.1) is 0 Å². The van der Waals surface area contributed by atoms with Gasteiger partial charge in [0.1, 0.15) is 0 Å². The Balaban J connectivity index is -0.0000000879. The number of hydrogen-bond acceptors (Lipinski definition) is 6. The van der Waals surface area contributed by atoms with E-state index in [-0.39, 0.29) is 11.1 Å². The summed E-state index contributed by atoms with van der Waals surface area (Å²) < 4.78 is 0. The summed E-state index contributed by atoms with van der Waals surface area (Å²) in [7, 11) is 0. The van der Waals surface area contributed by atoms with Gasteiger partial charge in [-0.1, -0.05) is 46.1 Å². The van der Waals surface area contributed by atoms with E-state index >= 15 is 0 Å². The van der Waals surface area contributed by atoms with Crippen LogP contribution in [0.25, 0.3) is 0 Å². The van der Waals surface area contributed by atoms with E-state index in [1.807, 2.05) is 0 Å². The van der Waals surface area contributed by atoms with Crippen LogP contribution in [0.3, 0.4) is 0 Å².